The predicted octanol–water partition coefficient (Wildman–Crippen LogP) is 3.48. The van der Waals surface area contributed by atoms with Crippen molar-refractivity contribution in [3.63, 3.8) is 0 Å². The van der Waals surface area contributed by atoms with E-state index in [9.17, 15) is 4.79 Å². The lowest BCUT2D eigenvalue weighted by Gasteiger charge is -2.08. The maximum absolute atomic E-state index is 12.6. The summed E-state index contributed by atoms with van der Waals surface area (Å²) in [6.45, 7) is 4.85. The van der Waals surface area contributed by atoms with Gasteiger partial charge in [-0.2, -0.15) is 5.10 Å². The number of aryl methyl sites for hydroxylation is 1. The van der Waals surface area contributed by atoms with Crippen LogP contribution in [0.2, 0.25) is 0 Å². The molecule has 0 bridgehead atoms. The van der Waals surface area contributed by atoms with Crippen LogP contribution in [0.5, 0.6) is 5.75 Å². The number of hydrogen-bond acceptors (Lipinski definition) is 7. The number of hydrogen-bond donors (Lipinski definition) is 1. The molecule has 150 valence electrons. The second-order valence-electron chi connectivity index (χ2n) is 6.52. The van der Waals surface area contributed by atoms with Crippen molar-refractivity contribution in [1.29, 1.82) is 0 Å². The van der Waals surface area contributed by atoms with Gasteiger partial charge in [0, 0.05) is 35.2 Å². The molecular formula is C20H21N5O3S. The summed E-state index contributed by atoms with van der Waals surface area (Å²) in [4.78, 5) is 22.5. The number of thiazole rings is 1. The topological polar surface area (TPSA) is 90.6 Å². The number of anilines is 1. The molecule has 1 amide bonds. The molecule has 1 aliphatic heterocycles. The molecule has 1 atom stereocenters. The normalized spacial score (nSPS) is 15.7. The lowest BCUT2D eigenvalue weighted by Crippen LogP contribution is -2.28. The first kappa shape index (κ1) is 19.1. The molecule has 3 aromatic rings. The Kier molecular flexibility index (Phi) is 5.30. The average molecular weight is 411 g/mol. The van der Waals surface area contributed by atoms with E-state index in [1.54, 1.807) is 13.3 Å². The second-order valence-corrected chi connectivity index (χ2v) is 7.38. The molecule has 1 aliphatic rings. The van der Waals surface area contributed by atoms with Crippen LogP contribution in [0.1, 0.15) is 24.6 Å². The quantitative estimate of drug-likeness (QED) is 0.671. The molecule has 4 rings (SSSR count). The van der Waals surface area contributed by atoms with E-state index >= 15 is 0 Å². The number of rotatable bonds is 6. The number of ether oxygens (including phenoxy) is 1. The third kappa shape index (κ3) is 3.73. The predicted molar refractivity (Wildman–Crippen MR) is 111 cm³/mol. The number of methoxy groups -OCH3 is 1. The fraction of sp³-hybridized carbons (Fsp3) is 0.300. The van der Waals surface area contributed by atoms with E-state index in [0.717, 1.165) is 29.1 Å². The van der Waals surface area contributed by atoms with E-state index in [1.165, 1.54) is 11.3 Å². The first-order chi connectivity index (χ1) is 14.1. The third-order valence-corrected chi connectivity index (χ3v) is 5.55. The van der Waals surface area contributed by atoms with Crippen molar-refractivity contribution in [2.75, 3.05) is 12.4 Å². The molecule has 8 nitrogen and oxygen atoms in total. The standard InChI is InChI=1S/C20H21N5O3S/c1-4-25-12(2)14(10-21-25)16-11-29-20(22-16)23-19(26)18-9-15(24-28-18)13-7-5-6-8-17(13)27-3/h5-8,10-11,18H,4,9H2,1-3H3,(H,22,23,26). The molecule has 0 saturated carbocycles. The van der Waals surface area contributed by atoms with Crippen LogP contribution in [0.15, 0.2) is 41.0 Å². The van der Waals surface area contributed by atoms with E-state index < -0.39 is 6.10 Å². The van der Waals surface area contributed by atoms with Crippen molar-refractivity contribution in [3.8, 4) is 17.0 Å². The smallest absolute Gasteiger partial charge is 0.270 e. The third-order valence-electron chi connectivity index (χ3n) is 4.79. The van der Waals surface area contributed by atoms with Gasteiger partial charge in [0.2, 0.25) is 6.10 Å². The summed E-state index contributed by atoms with van der Waals surface area (Å²) in [5.41, 5.74) is 4.31. The van der Waals surface area contributed by atoms with E-state index in [0.29, 0.717) is 23.0 Å². The SMILES string of the molecule is CCn1ncc(-c2csc(NC(=O)C3CC(c4ccccc4OC)=NO3)n2)c1C. The minimum atomic E-state index is -0.702. The number of nitrogens with zero attached hydrogens (tertiary/aromatic N) is 4. The lowest BCUT2D eigenvalue weighted by atomic mass is 10.0. The van der Waals surface area contributed by atoms with Gasteiger partial charge in [-0.1, -0.05) is 17.3 Å². The summed E-state index contributed by atoms with van der Waals surface area (Å²) in [6.07, 6.45) is 1.46. The van der Waals surface area contributed by atoms with E-state index in [4.69, 9.17) is 9.57 Å². The van der Waals surface area contributed by atoms with Crippen LogP contribution in [0, 0.1) is 6.92 Å². The number of oxime groups is 1. The molecule has 29 heavy (non-hydrogen) atoms. The summed E-state index contributed by atoms with van der Waals surface area (Å²) in [5.74, 6) is 0.420. The second kappa shape index (κ2) is 8.04. The van der Waals surface area contributed by atoms with Crippen molar-refractivity contribution >= 4 is 28.1 Å². The van der Waals surface area contributed by atoms with Crippen molar-refractivity contribution in [2.45, 2.75) is 32.9 Å². The highest BCUT2D eigenvalue weighted by molar-refractivity contribution is 7.14. The van der Waals surface area contributed by atoms with Crippen molar-refractivity contribution in [2.24, 2.45) is 5.16 Å². The number of para-hydroxylation sites is 1. The zero-order chi connectivity index (χ0) is 20.4. The first-order valence-electron chi connectivity index (χ1n) is 9.26. The molecule has 1 unspecified atom stereocenters. The summed E-state index contributed by atoms with van der Waals surface area (Å²) in [6, 6.07) is 7.53. The number of aromatic nitrogens is 3. The molecule has 2 aromatic heterocycles. The molecule has 0 fully saturated rings. The van der Waals surface area contributed by atoms with Gasteiger partial charge in [0.1, 0.15) is 5.75 Å². The number of benzene rings is 1. The van der Waals surface area contributed by atoms with Crippen molar-refractivity contribution in [3.05, 3.63) is 47.1 Å². The van der Waals surface area contributed by atoms with Crippen LogP contribution >= 0.6 is 11.3 Å². The minimum absolute atomic E-state index is 0.277. The summed E-state index contributed by atoms with van der Waals surface area (Å²) < 4.78 is 7.27. The van der Waals surface area contributed by atoms with Gasteiger partial charge in [-0.25, -0.2) is 4.98 Å². The molecule has 0 radical (unpaired) electrons. The Hall–Kier alpha value is -3.20. The monoisotopic (exact) mass is 411 g/mol. The highest BCUT2D eigenvalue weighted by atomic mass is 32.1. The fourth-order valence-corrected chi connectivity index (χ4v) is 3.93. The summed E-state index contributed by atoms with van der Waals surface area (Å²) >= 11 is 1.37. The first-order valence-corrected chi connectivity index (χ1v) is 10.1. The average Bonchev–Trinajstić information content (AvgIpc) is 3.47. The van der Waals surface area contributed by atoms with Gasteiger partial charge >= 0.3 is 0 Å². The zero-order valence-corrected chi connectivity index (χ0v) is 17.2. The molecule has 1 aromatic carbocycles. The summed E-state index contributed by atoms with van der Waals surface area (Å²) in [7, 11) is 1.60. The van der Waals surface area contributed by atoms with Crippen LogP contribution in [0.25, 0.3) is 11.3 Å². The van der Waals surface area contributed by atoms with Gasteiger partial charge in [0.05, 0.1) is 24.7 Å². The maximum atomic E-state index is 12.6. The zero-order valence-electron chi connectivity index (χ0n) is 16.4. The van der Waals surface area contributed by atoms with Crippen LogP contribution in [-0.2, 0) is 16.2 Å². The van der Waals surface area contributed by atoms with Crippen LogP contribution in [0.3, 0.4) is 0 Å². The molecular weight excluding hydrogens is 390 g/mol. The van der Waals surface area contributed by atoms with Gasteiger partial charge in [-0.15, -0.1) is 11.3 Å². The van der Waals surface area contributed by atoms with Gasteiger partial charge in [0.25, 0.3) is 5.91 Å². The van der Waals surface area contributed by atoms with Crippen molar-refractivity contribution in [1.82, 2.24) is 14.8 Å². The van der Waals surface area contributed by atoms with Gasteiger partial charge in [-0.05, 0) is 26.0 Å². The molecule has 9 heteroatoms. The minimum Gasteiger partial charge on any atom is -0.496 e. The van der Waals surface area contributed by atoms with Crippen LogP contribution in [-0.4, -0.2) is 39.6 Å². The fourth-order valence-electron chi connectivity index (χ4n) is 3.22. The highest BCUT2D eigenvalue weighted by Gasteiger charge is 2.30. The molecule has 1 N–H and O–H groups in total. The Morgan fingerprint density at radius 2 is 2.21 bits per heavy atom. The van der Waals surface area contributed by atoms with E-state index in [-0.39, 0.29) is 5.91 Å². The Balaban J connectivity index is 1.42. The van der Waals surface area contributed by atoms with E-state index in [2.05, 4.69) is 20.6 Å². The molecule has 0 spiro atoms. The maximum Gasteiger partial charge on any atom is 0.270 e. The van der Waals surface area contributed by atoms with Crippen LogP contribution < -0.4 is 10.1 Å². The number of carbonyl (C=O) groups excluding carboxylic acids is 1. The Labute approximate surface area is 172 Å². The highest BCUT2D eigenvalue weighted by Crippen LogP contribution is 2.29. The van der Waals surface area contributed by atoms with E-state index in [1.807, 2.05) is 48.2 Å². The lowest BCUT2D eigenvalue weighted by molar-refractivity contribution is -0.125. The number of amides is 1. The van der Waals surface area contributed by atoms with Crippen molar-refractivity contribution < 1.29 is 14.4 Å². The largest absolute Gasteiger partial charge is 0.496 e. The van der Waals surface area contributed by atoms with Gasteiger partial charge in [-0.3, -0.25) is 14.8 Å². The Bertz CT molecular complexity index is 1070. The Morgan fingerprint density at radius 1 is 1.38 bits per heavy atom. The molecule has 3 heterocycles. The molecule has 0 saturated heterocycles. The number of carbonyl (C=O) groups is 1. The Morgan fingerprint density at radius 3 is 2.97 bits per heavy atom. The molecule has 0 aliphatic carbocycles. The summed E-state index contributed by atoms with van der Waals surface area (Å²) in [5, 5.41) is 13.7. The van der Waals surface area contributed by atoms with Gasteiger partial charge in [0.15, 0.2) is 5.13 Å². The van der Waals surface area contributed by atoms with Gasteiger partial charge < -0.3 is 9.57 Å². The number of nitrogens with one attached hydrogen (secondary N) is 1. The van der Waals surface area contributed by atoms with Crippen LogP contribution in [0.4, 0.5) is 5.13 Å².